The van der Waals surface area contributed by atoms with E-state index in [4.69, 9.17) is 0 Å². The van der Waals surface area contributed by atoms with Crippen molar-refractivity contribution in [3.05, 3.63) is 59.7 Å². The van der Waals surface area contributed by atoms with Gasteiger partial charge in [0.25, 0.3) is 0 Å². The Morgan fingerprint density at radius 2 is 1.89 bits per heavy atom. The number of carbonyl (C=O) groups excluding carboxylic acids is 1. The fraction of sp³-hybridized carbons (Fsp3) is 0.267. The topological polar surface area (TPSA) is 40.5 Å². The van der Waals surface area contributed by atoms with Crippen LogP contribution in [0.15, 0.2) is 48.6 Å². The third kappa shape index (κ3) is 2.05. The summed E-state index contributed by atoms with van der Waals surface area (Å²) in [5.74, 6) is -0.100. The van der Waals surface area contributed by atoms with E-state index in [0.29, 0.717) is 13.1 Å². The zero-order valence-corrected chi connectivity index (χ0v) is 11.9. The number of hydrogen-bond donors (Lipinski definition) is 1. The van der Waals surface area contributed by atoms with E-state index in [1.54, 1.807) is 29.2 Å². The highest BCUT2D eigenvalue weighted by molar-refractivity contribution is 9.10. The van der Waals surface area contributed by atoms with E-state index in [-0.39, 0.29) is 5.91 Å². The first-order valence-corrected chi connectivity index (χ1v) is 7.00. The van der Waals surface area contributed by atoms with Crippen molar-refractivity contribution >= 4 is 21.8 Å². The van der Waals surface area contributed by atoms with Gasteiger partial charge in [0.1, 0.15) is 6.10 Å². The molecule has 0 aromatic heterocycles. The second-order valence-corrected chi connectivity index (χ2v) is 6.20. The molecule has 3 rings (SSSR count). The molecule has 1 amide bonds. The van der Waals surface area contributed by atoms with Crippen molar-refractivity contribution in [1.29, 1.82) is 0 Å². The molecule has 98 valence electrons. The van der Waals surface area contributed by atoms with Crippen molar-refractivity contribution in [3.8, 4) is 0 Å². The largest absolute Gasteiger partial charge is 0.387 e. The van der Waals surface area contributed by atoms with Crippen LogP contribution in [0.25, 0.3) is 0 Å². The lowest BCUT2D eigenvalue weighted by Crippen LogP contribution is -2.49. The number of carbonyl (C=O) groups is 1. The lowest BCUT2D eigenvalue weighted by atomic mass is 9.96. The van der Waals surface area contributed by atoms with Crippen LogP contribution in [0.4, 0.5) is 0 Å². The lowest BCUT2D eigenvalue weighted by Gasteiger charge is -2.32. The van der Waals surface area contributed by atoms with Crippen LogP contribution < -0.4 is 0 Å². The normalized spacial score (nSPS) is 28.5. The van der Waals surface area contributed by atoms with Gasteiger partial charge in [0, 0.05) is 13.1 Å². The number of benzene rings is 1. The third-order valence-corrected chi connectivity index (χ3v) is 4.70. The Labute approximate surface area is 120 Å². The van der Waals surface area contributed by atoms with Crippen LogP contribution >= 0.6 is 15.9 Å². The van der Waals surface area contributed by atoms with E-state index in [0.717, 1.165) is 0 Å². The molecule has 2 atom stereocenters. The summed E-state index contributed by atoms with van der Waals surface area (Å²) >= 11 is 3.40. The fourth-order valence-electron chi connectivity index (χ4n) is 2.52. The van der Waals surface area contributed by atoms with Crippen LogP contribution in [0.1, 0.15) is 11.1 Å². The van der Waals surface area contributed by atoms with Crippen LogP contribution in [0, 0.1) is 0 Å². The quantitative estimate of drug-likeness (QED) is 0.806. The number of halogens is 1. The Balaban J connectivity index is 1.84. The summed E-state index contributed by atoms with van der Waals surface area (Å²) < 4.78 is -1.04. The van der Waals surface area contributed by atoms with Crippen molar-refractivity contribution in [2.75, 3.05) is 0 Å². The molecule has 0 saturated heterocycles. The monoisotopic (exact) mass is 319 g/mol. The molecule has 0 fully saturated rings. The highest BCUT2D eigenvalue weighted by Gasteiger charge is 2.44. The van der Waals surface area contributed by atoms with Crippen molar-refractivity contribution in [2.45, 2.75) is 23.5 Å². The van der Waals surface area contributed by atoms with Gasteiger partial charge in [-0.25, -0.2) is 0 Å². The predicted molar refractivity (Wildman–Crippen MR) is 76.6 cm³/mol. The highest BCUT2D eigenvalue weighted by Crippen LogP contribution is 2.34. The van der Waals surface area contributed by atoms with E-state index in [1.165, 1.54) is 11.1 Å². The van der Waals surface area contributed by atoms with Gasteiger partial charge in [-0.3, -0.25) is 4.79 Å². The standard InChI is InChI=1S/C15H14BrNO2/c16-15(8-4-3-7-13(15)18)14(19)17-9-11-5-1-2-6-12(11)10-17/h1-8,13,18H,9-10H2. The van der Waals surface area contributed by atoms with Gasteiger partial charge in [-0.05, 0) is 11.1 Å². The summed E-state index contributed by atoms with van der Waals surface area (Å²) in [6, 6.07) is 8.04. The number of alkyl halides is 1. The first-order chi connectivity index (χ1) is 9.11. The average molecular weight is 320 g/mol. The molecule has 1 aromatic rings. The molecule has 1 aliphatic heterocycles. The molecule has 19 heavy (non-hydrogen) atoms. The molecule has 2 unspecified atom stereocenters. The summed E-state index contributed by atoms with van der Waals surface area (Å²) in [7, 11) is 0. The minimum atomic E-state index is -1.04. The van der Waals surface area contributed by atoms with Gasteiger partial charge >= 0.3 is 0 Å². The summed E-state index contributed by atoms with van der Waals surface area (Å²) in [6.07, 6.45) is 6.02. The maximum Gasteiger partial charge on any atom is 0.247 e. The minimum absolute atomic E-state index is 0.100. The molecule has 0 radical (unpaired) electrons. The summed E-state index contributed by atoms with van der Waals surface area (Å²) in [4.78, 5) is 14.4. The first-order valence-electron chi connectivity index (χ1n) is 6.20. The number of aliphatic hydroxyl groups excluding tert-OH is 1. The molecule has 1 N–H and O–H groups in total. The maximum absolute atomic E-state index is 12.6. The van der Waals surface area contributed by atoms with Gasteiger partial charge in [-0.15, -0.1) is 0 Å². The Kier molecular flexibility index (Phi) is 3.07. The van der Waals surface area contributed by atoms with Crippen molar-refractivity contribution < 1.29 is 9.90 Å². The Morgan fingerprint density at radius 1 is 1.26 bits per heavy atom. The second-order valence-electron chi connectivity index (χ2n) is 4.89. The number of aliphatic hydroxyl groups is 1. The van der Waals surface area contributed by atoms with Crippen LogP contribution in [0.2, 0.25) is 0 Å². The van der Waals surface area contributed by atoms with Crippen molar-refractivity contribution in [2.24, 2.45) is 0 Å². The first kappa shape index (κ1) is 12.6. The molecule has 2 aliphatic rings. The van der Waals surface area contributed by atoms with Gasteiger partial charge in [0.05, 0.1) is 0 Å². The number of rotatable bonds is 1. The molecule has 0 saturated carbocycles. The Hall–Kier alpha value is -1.39. The van der Waals surface area contributed by atoms with E-state index in [2.05, 4.69) is 15.9 Å². The summed E-state index contributed by atoms with van der Waals surface area (Å²) in [6.45, 7) is 1.21. The molecule has 0 spiro atoms. The fourth-order valence-corrected chi connectivity index (χ4v) is 3.08. The van der Waals surface area contributed by atoms with E-state index >= 15 is 0 Å². The van der Waals surface area contributed by atoms with Crippen LogP contribution in [-0.2, 0) is 17.9 Å². The number of nitrogens with zero attached hydrogens (tertiary/aromatic N) is 1. The zero-order valence-electron chi connectivity index (χ0n) is 10.3. The number of amides is 1. The average Bonchev–Trinajstić information content (AvgIpc) is 2.85. The maximum atomic E-state index is 12.6. The van der Waals surface area contributed by atoms with Crippen molar-refractivity contribution in [3.63, 3.8) is 0 Å². The van der Waals surface area contributed by atoms with Crippen LogP contribution in [0.3, 0.4) is 0 Å². The lowest BCUT2D eigenvalue weighted by molar-refractivity contribution is -0.134. The van der Waals surface area contributed by atoms with Crippen LogP contribution in [0.5, 0.6) is 0 Å². The van der Waals surface area contributed by atoms with E-state index in [1.807, 2.05) is 24.3 Å². The molecular formula is C15H14BrNO2. The van der Waals surface area contributed by atoms with E-state index < -0.39 is 10.4 Å². The van der Waals surface area contributed by atoms with Gasteiger partial charge in [0.2, 0.25) is 5.91 Å². The molecule has 3 nitrogen and oxygen atoms in total. The molecule has 4 heteroatoms. The molecular weight excluding hydrogens is 306 g/mol. The summed E-state index contributed by atoms with van der Waals surface area (Å²) in [5, 5.41) is 10.0. The SMILES string of the molecule is O=C(N1Cc2ccccc2C1)C1(Br)C=CC=CC1O. The second kappa shape index (κ2) is 4.62. The highest BCUT2D eigenvalue weighted by atomic mass is 79.9. The molecule has 1 aromatic carbocycles. The predicted octanol–water partition coefficient (Wildman–Crippen LogP) is 2.15. The third-order valence-electron chi connectivity index (χ3n) is 3.63. The molecule has 1 heterocycles. The smallest absolute Gasteiger partial charge is 0.247 e. The van der Waals surface area contributed by atoms with Gasteiger partial charge in [0.15, 0.2) is 4.32 Å². The summed E-state index contributed by atoms with van der Waals surface area (Å²) in [5.41, 5.74) is 2.36. The van der Waals surface area contributed by atoms with Crippen LogP contribution in [-0.4, -0.2) is 26.3 Å². The zero-order chi connectivity index (χ0) is 13.5. The molecule has 0 bridgehead atoms. The molecule has 1 aliphatic carbocycles. The van der Waals surface area contributed by atoms with Gasteiger partial charge < -0.3 is 10.0 Å². The number of allylic oxidation sites excluding steroid dienone is 2. The van der Waals surface area contributed by atoms with Gasteiger partial charge in [-0.1, -0.05) is 64.5 Å². The van der Waals surface area contributed by atoms with E-state index in [9.17, 15) is 9.90 Å². The minimum Gasteiger partial charge on any atom is -0.387 e. The Morgan fingerprint density at radius 3 is 2.47 bits per heavy atom. The Bertz CT molecular complexity index is 556. The van der Waals surface area contributed by atoms with Gasteiger partial charge in [-0.2, -0.15) is 0 Å². The van der Waals surface area contributed by atoms with Crippen molar-refractivity contribution in [1.82, 2.24) is 4.90 Å². The number of hydrogen-bond acceptors (Lipinski definition) is 2. The number of fused-ring (bicyclic) bond motifs is 1.